The number of hydrogen-bond acceptors (Lipinski definition) is 18. The standard InChI is InChI=1S/C52H97NO18/c1-3-5-7-9-11-12-13-14-15-16-17-18-19-20-21-22-23-24-26-28-30-40(58)53-35(36(57)29-27-25-10-8-6-4-2)34-66-50-46(64)43(61)48(38(32-55)68-50)71-52-47(65)44(62)49(39(33-56)69-52)70-51-45(63)42(60)41(59)37(31-54)67-51/h27,29,35-39,41-52,54-57,59-65H,3-26,28,30-34H2,1-2H3,(H,53,58)/b29-27+. The largest absolute Gasteiger partial charge is 0.394 e. The first-order chi connectivity index (χ1) is 34.3. The summed E-state index contributed by atoms with van der Waals surface area (Å²) in [5, 5.41) is 119. The van der Waals surface area contributed by atoms with Gasteiger partial charge in [0.1, 0.15) is 73.2 Å². The third kappa shape index (κ3) is 22.7. The monoisotopic (exact) mass is 1020 g/mol. The molecule has 17 atom stereocenters. The summed E-state index contributed by atoms with van der Waals surface area (Å²) in [7, 11) is 0. The molecule has 0 aliphatic carbocycles. The third-order valence-corrected chi connectivity index (χ3v) is 14.1. The number of ether oxygens (including phenoxy) is 6. The van der Waals surface area contributed by atoms with Gasteiger partial charge in [-0.15, -0.1) is 0 Å². The molecule has 3 saturated heterocycles. The van der Waals surface area contributed by atoms with Gasteiger partial charge in [0.05, 0.1) is 38.6 Å². The predicted molar refractivity (Wildman–Crippen MR) is 263 cm³/mol. The van der Waals surface area contributed by atoms with Crippen molar-refractivity contribution < 1.29 is 89.4 Å². The minimum absolute atomic E-state index is 0.247. The molecule has 19 heteroatoms. The molecule has 0 aromatic carbocycles. The van der Waals surface area contributed by atoms with E-state index in [1.807, 2.05) is 6.08 Å². The summed E-state index contributed by atoms with van der Waals surface area (Å²) < 4.78 is 34.0. The zero-order valence-electron chi connectivity index (χ0n) is 43.0. The summed E-state index contributed by atoms with van der Waals surface area (Å²) in [5.41, 5.74) is 0. The topological polar surface area (TPSA) is 307 Å². The molecule has 0 saturated carbocycles. The van der Waals surface area contributed by atoms with Crippen LogP contribution in [0.4, 0.5) is 0 Å². The van der Waals surface area contributed by atoms with E-state index in [-0.39, 0.29) is 18.9 Å². The lowest BCUT2D eigenvalue weighted by molar-refractivity contribution is -0.379. The first-order valence-corrected chi connectivity index (χ1v) is 27.4. The molecule has 0 bridgehead atoms. The fourth-order valence-electron chi connectivity index (χ4n) is 9.48. The zero-order valence-corrected chi connectivity index (χ0v) is 43.0. The number of carbonyl (C=O) groups excluding carboxylic acids is 1. The first-order valence-electron chi connectivity index (χ1n) is 27.4. The van der Waals surface area contributed by atoms with Gasteiger partial charge in [-0.3, -0.25) is 4.79 Å². The van der Waals surface area contributed by atoms with E-state index in [4.69, 9.17) is 28.4 Å². The minimum Gasteiger partial charge on any atom is -0.394 e. The normalized spacial score (nSPS) is 32.3. The number of aliphatic hydroxyl groups excluding tert-OH is 11. The van der Waals surface area contributed by atoms with Crippen molar-refractivity contribution in [2.24, 2.45) is 0 Å². The molecular formula is C52H97NO18. The van der Waals surface area contributed by atoms with Crippen molar-refractivity contribution in [3.63, 3.8) is 0 Å². The number of rotatable bonds is 39. The molecule has 0 radical (unpaired) electrons. The van der Waals surface area contributed by atoms with Gasteiger partial charge in [0.15, 0.2) is 18.9 Å². The summed E-state index contributed by atoms with van der Waals surface area (Å²) in [6, 6.07) is -0.963. The number of nitrogens with one attached hydrogen (secondary N) is 1. The smallest absolute Gasteiger partial charge is 0.220 e. The van der Waals surface area contributed by atoms with E-state index in [0.717, 1.165) is 51.4 Å². The summed E-state index contributed by atoms with van der Waals surface area (Å²) in [6.07, 6.45) is 6.93. The van der Waals surface area contributed by atoms with Crippen LogP contribution >= 0.6 is 0 Å². The van der Waals surface area contributed by atoms with Crippen LogP contribution in [0.25, 0.3) is 0 Å². The van der Waals surface area contributed by atoms with Crippen molar-refractivity contribution in [3.05, 3.63) is 12.2 Å². The molecule has 3 rings (SSSR count). The molecule has 71 heavy (non-hydrogen) atoms. The lowest BCUT2D eigenvalue weighted by Gasteiger charge is -2.48. The Morgan fingerprint density at radius 1 is 0.493 bits per heavy atom. The number of hydrogen-bond donors (Lipinski definition) is 12. The van der Waals surface area contributed by atoms with Crippen LogP contribution in [0.5, 0.6) is 0 Å². The predicted octanol–water partition coefficient (Wildman–Crippen LogP) is 3.04. The van der Waals surface area contributed by atoms with Crippen LogP contribution in [0, 0.1) is 0 Å². The highest BCUT2D eigenvalue weighted by atomic mass is 16.8. The van der Waals surface area contributed by atoms with E-state index in [0.29, 0.717) is 6.42 Å². The second kappa shape index (κ2) is 37.3. The summed E-state index contributed by atoms with van der Waals surface area (Å²) in [6.45, 7) is 1.62. The molecule has 418 valence electrons. The molecule has 19 nitrogen and oxygen atoms in total. The Balaban J connectivity index is 1.45. The fourth-order valence-corrected chi connectivity index (χ4v) is 9.48. The molecule has 0 aromatic heterocycles. The third-order valence-electron chi connectivity index (χ3n) is 14.1. The van der Waals surface area contributed by atoms with Gasteiger partial charge < -0.3 is 89.9 Å². The van der Waals surface area contributed by atoms with Gasteiger partial charge in [-0.25, -0.2) is 0 Å². The van der Waals surface area contributed by atoms with Crippen molar-refractivity contribution in [2.75, 3.05) is 26.4 Å². The Morgan fingerprint density at radius 3 is 1.32 bits per heavy atom. The van der Waals surface area contributed by atoms with E-state index in [9.17, 15) is 61.0 Å². The lowest BCUT2D eigenvalue weighted by Crippen LogP contribution is -2.66. The quantitative estimate of drug-likeness (QED) is 0.0311. The van der Waals surface area contributed by atoms with Crippen LogP contribution < -0.4 is 5.32 Å². The van der Waals surface area contributed by atoms with Crippen LogP contribution in [-0.4, -0.2) is 193 Å². The Labute approximate surface area is 423 Å². The van der Waals surface area contributed by atoms with Gasteiger partial charge in [-0.05, 0) is 19.3 Å². The van der Waals surface area contributed by atoms with Gasteiger partial charge in [0.25, 0.3) is 0 Å². The van der Waals surface area contributed by atoms with Gasteiger partial charge in [-0.2, -0.15) is 0 Å². The highest BCUT2D eigenvalue weighted by Crippen LogP contribution is 2.33. The van der Waals surface area contributed by atoms with Crippen LogP contribution in [-0.2, 0) is 33.2 Å². The Morgan fingerprint density at radius 2 is 0.873 bits per heavy atom. The van der Waals surface area contributed by atoms with Crippen molar-refractivity contribution in [1.29, 1.82) is 0 Å². The number of aliphatic hydroxyl groups is 11. The Bertz CT molecular complexity index is 1360. The molecule has 0 aromatic rings. The molecule has 12 N–H and O–H groups in total. The SMILES string of the molecule is CCCCCC/C=C/C(O)C(COC1OC(CO)C(OC2OC(CO)C(OC3OC(CO)C(O)C(O)C3O)C(O)C2O)C(O)C1O)NC(=O)CCCCCCCCCCCCCCCCCCCCCC. The average molecular weight is 1020 g/mol. The van der Waals surface area contributed by atoms with E-state index in [1.165, 1.54) is 103 Å². The zero-order chi connectivity index (χ0) is 52.0. The van der Waals surface area contributed by atoms with E-state index < -0.39 is 124 Å². The van der Waals surface area contributed by atoms with Crippen molar-refractivity contribution >= 4 is 5.91 Å². The average Bonchev–Trinajstić information content (AvgIpc) is 3.36. The van der Waals surface area contributed by atoms with Crippen LogP contribution in [0.2, 0.25) is 0 Å². The van der Waals surface area contributed by atoms with Crippen molar-refractivity contribution in [3.8, 4) is 0 Å². The second-order valence-electron chi connectivity index (χ2n) is 20.1. The molecule has 3 fully saturated rings. The van der Waals surface area contributed by atoms with Gasteiger partial charge in [0.2, 0.25) is 5.91 Å². The number of amides is 1. The molecule has 3 aliphatic rings. The van der Waals surface area contributed by atoms with Crippen LogP contribution in [0.1, 0.15) is 181 Å². The Kier molecular flexibility index (Phi) is 33.5. The molecular weight excluding hydrogens is 927 g/mol. The molecule has 1 amide bonds. The number of allylic oxidation sites excluding steroid dienone is 1. The number of unbranched alkanes of at least 4 members (excludes halogenated alkanes) is 23. The highest BCUT2D eigenvalue weighted by Gasteiger charge is 2.53. The van der Waals surface area contributed by atoms with Gasteiger partial charge >= 0.3 is 0 Å². The minimum atomic E-state index is -1.97. The van der Waals surface area contributed by atoms with Crippen LogP contribution in [0.15, 0.2) is 12.2 Å². The molecule has 17 unspecified atom stereocenters. The van der Waals surface area contributed by atoms with Crippen LogP contribution in [0.3, 0.4) is 0 Å². The Hall–Kier alpha value is -1.47. The van der Waals surface area contributed by atoms with Crippen molar-refractivity contribution in [2.45, 2.75) is 285 Å². The maximum absolute atomic E-state index is 13.2. The number of carbonyl (C=O) groups is 1. The molecule has 3 aliphatic heterocycles. The van der Waals surface area contributed by atoms with E-state index >= 15 is 0 Å². The van der Waals surface area contributed by atoms with Gasteiger partial charge in [-0.1, -0.05) is 167 Å². The maximum Gasteiger partial charge on any atom is 0.220 e. The first kappa shape index (κ1) is 63.8. The second-order valence-corrected chi connectivity index (χ2v) is 20.1. The fraction of sp³-hybridized carbons (Fsp3) is 0.942. The molecule has 3 heterocycles. The van der Waals surface area contributed by atoms with E-state index in [1.54, 1.807) is 6.08 Å². The van der Waals surface area contributed by atoms with E-state index in [2.05, 4.69) is 19.2 Å². The summed E-state index contributed by atoms with van der Waals surface area (Å²) in [4.78, 5) is 13.2. The van der Waals surface area contributed by atoms with Gasteiger partial charge in [0, 0.05) is 6.42 Å². The lowest BCUT2D eigenvalue weighted by atomic mass is 9.96. The van der Waals surface area contributed by atoms with Crippen molar-refractivity contribution in [1.82, 2.24) is 5.32 Å². The summed E-state index contributed by atoms with van der Waals surface area (Å²) >= 11 is 0. The summed E-state index contributed by atoms with van der Waals surface area (Å²) in [5.74, 6) is -0.279. The maximum atomic E-state index is 13.2. The highest BCUT2D eigenvalue weighted by molar-refractivity contribution is 5.76. The molecule has 0 spiro atoms.